The molecule has 2 heterocycles. The number of fused-ring (bicyclic) bond motifs is 2. The van der Waals surface area contributed by atoms with Gasteiger partial charge in [-0.2, -0.15) is 0 Å². The van der Waals surface area contributed by atoms with E-state index in [1.165, 1.54) is 11.1 Å². The van der Waals surface area contributed by atoms with Gasteiger partial charge in [0.2, 0.25) is 0 Å². The van der Waals surface area contributed by atoms with Gasteiger partial charge >= 0.3 is 0 Å². The second-order valence-corrected chi connectivity index (χ2v) is 5.60. The third-order valence-corrected chi connectivity index (χ3v) is 3.95. The number of hydrogen-bond acceptors (Lipinski definition) is 3. The highest BCUT2D eigenvalue weighted by atomic mass is 16.5. The Kier molecular flexibility index (Phi) is 2.56. The van der Waals surface area contributed by atoms with Crippen molar-refractivity contribution in [1.82, 2.24) is 0 Å². The van der Waals surface area contributed by atoms with E-state index in [-0.39, 0.29) is 12.2 Å². The van der Waals surface area contributed by atoms with Crippen LogP contribution in [0.15, 0.2) is 0 Å². The van der Waals surface area contributed by atoms with Crippen molar-refractivity contribution in [2.45, 2.75) is 58.8 Å². The Hall–Kier alpha value is -1.22. The molecular weight excluding hydrogens is 228 g/mol. The van der Waals surface area contributed by atoms with E-state index in [0.29, 0.717) is 0 Å². The van der Waals surface area contributed by atoms with Gasteiger partial charge in [-0.1, -0.05) is 0 Å². The maximum Gasteiger partial charge on any atom is 0.129 e. The van der Waals surface area contributed by atoms with Crippen LogP contribution < -0.4 is 9.47 Å². The Morgan fingerprint density at radius 3 is 2.22 bits per heavy atom. The smallest absolute Gasteiger partial charge is 0.129 e. The van der Waals surface area contributed by atoms with Crippen LogP contribution in [0.25, 0.3) is 0 Å². The molecule has 0 aromatic heterocycles. The summed E-state index contributed by atoms with van der Waals surface area (Å²) in [5.41, 5.74) is 4.49. The van der Waals surface area contributed by atoms with E-state index in [1.54, 1.807) is 6.92 Å². The molecule has 0 saturated heterocycles. The molecule has 0 saturated carbocycles. The normalized spacial score (nSPS) is 26.3. The van der Waals surface area contributed by atoms with Crippen LogP contribution in [-0.4, -0.2) is 17.3 Å². The highest BCUT2D eigenvalue weighted by Crippen LogP contribution is 2.48. The molecule has 2 aliphatic heterocycles. The van der Waals surface area contributed by atoms with Crippen LogP contribution >= 0.6 is 0 Å². The second-order valence-electron chi connectivity index (χ2n) is 5.60. The molecule has 0 radical (unpaired) electrons. The van der Waals surface area contributed by atoms with Crippen molar-refractivity contribution in [3.8, 4) is 11.5 Å². The van der Waals surface area contributed by atoms with Crippen LogP contribution in [0.2, 0.25) is 0 Å². The first-order chi connectivity index (χ1) is 8.49. The number of aliphatic hydroxyl groups excluding tert-OH is 1. The molecule has 3 atom stereocenters. The summed E-state index contributed by atoms with van der Waals surface area (Å²) in [5.74, 6) is 1.89. The van der Waals surface area contributed by atoms with Gasteiger partial charge in [0.05, 0.1) is 6.10 Å². The minimum Gasteiger partial charge on any atom is -0.490 e. The lowest BCUT2D eigenvalue weighted by atomic mass is 9.91. The van der Waals surface area contributed by atoms with Gasteiger partial charge in [0.25, 0.3) is 0 Å². The van der Waals surface area contributed by atoms with Crippen molar-refractivity contribution in [2.75, 3.05) is 0 Å². The molecule has 1 N–H and O–H groups in total. The lowest BCUT2D eigenvalue weighted by Gasteiger charge is -2.17. The third-order valence-electron chi connectivity index (χ3n) is 3.95. The first-order valence-corrected chi connectivity index (χ1v) is 6.68. The average Bonchev–Trinajstić information content (AvgIpc) is 2.81. The highest BCUT2D eigenvalue weighted by molar-refractivity contribution is 5.62. The summed E-state index contributed by atoms with van der Waals surface area (Å²) in [6.07, 6.45) is 1.65. The van der Waals surface area contributed by atoms with Crippen LogP contribution in [0.5, 0.6) is 11.5 Å². The number of rotatable bonds is 1. The second kappa shape index (κ2) is 3.89. The average molecular weight is 248 g/mol. The van der Waals surface area contributed by atoms with Gasteiger partial charge in [0.15, 0.2) is 0 Å². The van der Waals surface area contributed by atoms with Crippen molar-refractivity contribution in [2.24, 2.45) is 0 Å². The van der Waals surface area contributed by atoms with E-state index in [0.717, 1.165) is 35.5 Å². The van der Waals surface area contributed by atoms with Gasteiger partial charge < -0.3 is 14.6 Å². The molecular formula is C15H20O3. The minimum absolute atomic E-state index is 0.191. The summed E-state index contributed by atoms with van der Waals surface area (Å²) in [6, 6.07) is 0. The summed E-state index contributed by atoms with van der Waals surface area (Å²) in [4.78, 5) is 0. The first kappa shape index (κ1) is 11.8. The summed E-state index contributed by atoms with van der Waals surface area (Å²) in [6.45, 7) is 8.04. The topological polar surface area (TPSA) is 38.7 Å². The number of aliphatic hydroxyl groups is 1. The Labute approximate surface area is 108 Å². The quantitative estimate of drug-likeness (QED) is 0.830. The zero-order chi connectivity index (χ0) is 13.0. The maximum absolute atomic E-state index is 10.1. The van der Waals surface area contributed by atoms with Crippen LogP contribution in [0.1, 0.15) is 49.1 Å². The van der Waals surface area contributed by atoms with Gasteiger partial charge in [-0.25, -0.2) is 0 Å². The van der Waals surface area contributed by atoms with Crippen molar-refractivity contribution in [3.63, 3.8) is 0 Å². The molecule has 98 valence electrons. The molecule has 0 bridgehead atoms. The van der Waals surface area contributed by atoms with Crippen LogP contribution in [0.3, 0.4) is 0 Å². The number of hydrogen-bond donors (Lipinski definition) is 1. The van der Waals surface area contributed by atoms with E-state index in [2.05, 4.69) is 20.8 Å². The SMILES string of the molecule is Cc1c2c(c(C(C)O)c3c1OC(C)C3)OC(C)C2. The molecule has 3 heteroatoms. The van der Waals surface area contributed by atoms with Gasteiger partial charge in [0, 0.05) is 29.5 Å². The van der Waals surface area contributed by atoms with E-state index < -0.39 is 6.10 Å². The largest absolute Gasteiger partial charge is 0.490 e. The fraction of sp³-hybridized carbons (Fsp3) is 0.600. The fourth-order valence-corrected chi connectivity index (χ4v) is 3.20. The molecule has 18 heavy (non-hydrogen) atoms. The lowest BCUT2D eigenvalue weighted by Crippen LogP contribution is -2.08. The third kappa shape index (κ3) is 1.53. The van der Waals surface area contributed by atoms with E-state index in [1.807, 2.05) is 0 Å². The van der Waals surface area contributed by atoms with E-state index in [4.69, 9.17) is 9.47 Å². The maximum atomic E-state index is 10.1. The minimum atomic E-state index is -0.507. The van der Waals surface area contributed by atoms with Crippen molar-refractivity contribution in [3.05, 3.63) is 22.3 Å². The monoisotopic (exact) mass is 248 g/mol. The standard InChI is InChI=1S/C15H20O3/c1-7-5-11-9(3)14-12(6-8(2)17-14)13(10(4)16)15(11)18-7/h7-8,10,16H,5-6H2,1-4H3. The molecule has 0 amide bonds. The van der Waals surface area contributed by atoms with E-state index in [9.17, 15) is 5.11 Å². The Morgan fingerprint density at radius 2 is 1.61 bits per heavy atom. The van der Waals surface area contributed by atoms with Gasteiger partial charge in [-0.15, -0.1) is 0 Å². The Morgan fingerprint density at radius 1 is 1.06 bits per heavy atom. The predicted molar refractivity (Wildman–Crippen MR) is 69.4 cm³/mol. The zero-order valence-corrected chi connectivity index (χ0v) is 11.4. The molecule has 0 aliphatic carbocycles. The summed E-state index contributed by atoms with van der Waals surface area (Å²) in [7, 11) is 0. The Balaban J connectivity index is 2.26. The lowest BCUT2D eigenvalue weighted by molar-refractivity contribution is 0.186. The molecule has 0 spiro atoms. The van der Waals surface area contributed by atoms with E-state index >= 15 is 0 Å². The van der Waals surface area contributed by atoms with Gasteiger partial charge in [-0.3, -0.25) is 0 Å². The molecule has 1 aromatic carbocycles. The fourth-order valence-electron chi connectivity index (χ4n) is 3.20. The molecule has 2 aliphatic rings. The summed E-state index contributed by atoms with van der Waals surface area (Å²) < 4.78 is 11.8. The van der Waals surface area contributed by atoms with Crippen molar-refractivity contribution < 1.29 is 14.6 Å². The van der Waals surface area contributed by atoms with Crippen LogP contribution in [0, 0.1) is 6.92 Å². The highest BCUT2D eigenvalue weighted by Gasteiger charge is 2.35. The van der Waals surface area contributed by atoms with Crippen LogP contribution in [-0.2, 0) is 12.8 Å². The summed E-state index contributed by atoms with van der Waals surface area (Å²) >= 11 is 0. The van der Waals surface area contributed by atoms with Crippen molar-refractivity contribution >= 4 is 0 Å². The van der Waals surface area contributed by atoms with Crippen LogP contribution in [0.4, 0.5) is 0 Å². The Bertz CT molecular complexity index is 466. The molecule has 3 rings (SSSR count). The zero-order valence-electron chi connectivity index (χ0n) is 11.4. The molecule has 3 unspecified atom stereocenters. The molecule has 0 fully saturated rings. The molecule has 3 nitrogen and oxygen atoms in total. The van der Waals surface area contributed by atoms with Gasteiger partial charge in [0.1, 0.15) is 23.7 Å². The van der Waals surface area contributed by atoms with Gasteiger partial charge in [-0.05, 0) is 33.3 Å². The summed E-state index contributed by atoms with van der Waals surface area (Å²) in [5, 5.41) is 10.1. The molecule has 1 aromatic rings. The number of ether oxygens (including phenoxy) is 2. The van der Waals surface area contributed by atoms with Crippen molar-refractivity contribution in [1.29, 1.82) is 0 Å². The predicted octanol–water partition coefficient (Wildman–Crippen LogP) is 2.70. The first-order valence-electron chi connectivity index (χ1n) is 6.68. The number of benzene rings is 1.